The summed E-state index contributed by atoms with van der Waals surface area (Å²) in [5.41, 5.74) is -0.214. The normalized spacial score (nSPS) is 11.4. The molecule has 0 unspecified atom stereocenters. The van der Waals surface area contributed by atoms with Crippen LogP contribution >= 0.6 is 15.9 Å². The number of hydrogen-bond acceptors (Lipinski definition) is 6. The Balaban J connectivity index is 2.90. The number of nitro groups is 1. The van der Waals surface area contributed by atoms with Gasteiger partial charge in [0.25, 0.3) is 11.6 Å². The Morgan fingerprint density at radius 1 is 1.33 bits per heavy atom. The summed E-state index contributed by atoms with van der Waals surface area (Å²) >= 11 is 3.31. The smallest absolute Gasteiger partial charge is 0.330 e. The molecule has 148 valence electrons. The fourth-order valence-electron chi connectivity index (χ4n) is 2.05. The van der Waals surface area contributed by atoms with E-state index < -0.39 is 16.5 Å². The summed E-state index contributed by atoms with van der Waals surface area (Å²) in [4.78, 5) is 40.0. The van der Waals surface area contributed by atoms with Gasteiger partial charge in [-0.15, -0.1) is 0 Å². The fraction of sp³-hybridized carbons (Fsp3) is 0.444. The third-order valence-corrected chi connectivity index (χ3v) is 3.97. The van der Waals surface area contributed by atoms with E-state index in [-0.39, 0.29) is 24.6 Å². The lowest BCUT2D eigenvalue weighted by atomic mass is 10.1. The van der Waals surface area contributed by atoms with Gasteiger partial charge in [0.05, 0.1) is 30.6 Å². The van der Waals surface area contributed by atoms with Gasteiger partial charge in [0.15, 0.2) is 0 Å². The molecule has 1 aromatic carbocycles. The van der Waals surface area contributed by atoms with E-state index >= 15 is 0 Å². The van der Waals surface area contributed by atoms with Gasteiger partial charge in [-0.1, -0.05) is 22.0 Å². The number of carbonyl (C=O) groups excluding carboxylic acids is 2. The Hall–Kier alpha value is -2.26. The van der Waals surface area contributed by atoms with E-state index in [1.807, 2.05) is 0 Å². The van der Waals surface area contributed by atoms with Crippen LogP contribution in [0, 0.1) is 10.1 Å². The number of halogens is 1. The molecule has 0 aliphatic carbocycles. The minimum Gasteiger partial charge on any atom is -0.466 e. The molecule has 9 heteroatoms. The average Bonchev–Trinajstić information content (AvgIpc) is 2.57. The first kappa shape index (κ1) is 22.8. The molecular formula is C18H23BrN2O6. The van der Waals surface area contributed by atoms with Crippen molar-refractivity contribution in [2.75, 3.05) is 13.7 Å². The zero-order valence-electron chi connectivity index (χ0n) is 15.7. The van der Waals surface area contributed by atoms with Crippen molar-refractivity contribution in [2.24, 2.45) is 0 Å². The van der Waals surface area contributed by atoms with Gasteiger partial charge in [0, 0.05) is 22.7 Å². The van der Waals surface area contributed by atoms with Crippen molar-refractivity contribution in [1.29, 1.82) is 0 Å². The largest absolute Gasteiger partial charge is 0.466 e. The van der Waals surface area contributed by atoms with Crippen molar-refractivity contribution < 1.29 is 24.1 Å². The van der Waals surface area contributed by atoms with Gasteiger partial charge in [-0.3, -0.25) is 19.7 Å². The molecule has 0 fully saturated rings. The summed E-state index contributed by atoms with van der Waals surface area (Å²) in [5.74, 6) is -0.831. The van der Waals surface area contributed by atoms with E-state index in [9.17, 15) is 19.7 Å². The number of hydroxylamine groups is 2. The molecular weight excluding hydrogens is 420 g/mol. The summed E-state index contributed by atoms with van der Waals surface area (Å²) in [5, 5.41) is 12.2. The second-order valence-electron chi connectivity index (χ2n) is 6.62. The number of esters is 1. The van der Waals surface area contributed by atoms with Gasteiger partial charge >= 0.3 is 5.97 Å². The van der Waals surface area contributed by atoms with E-state index in [2.05, 4.69) is 20.7 Å². The van der Waals surface area contributed by atoms with Crippen LogP contribution in [-0.4, -0.2) is 41.1 Å². The number of rotatable bonds is 8. The number of carbonyl (C=O) groups is 2. The number of non-ortho nitro benzene ring substituents is 1. The van der Waals surface area contributed by atoms with Crippen LogP contribution in [0.5, 0.6) is 0 Å². The van der Waals surface area contributed by atoms with E-state index in [0.29, 0.717) is 16.5 Å². The number of nitrogens with zero attached hydrogens (tertiary/aromatic N) is 2. The predicted molar refractivity (Wildman–Crippen MR) is 103 cm³/mol. The van der Waals surface area contributed by atoms with E-state index in [1.165, 1.54) is 36.4 Å². The van der Waals surface area contributed by atoms with Crippen molar-refractivity contribution in [3.63, 3.8) is 0 Å². The highest BCUT2D eigenvalue weighted by molar-refractivity contribution is 9.10. The van der Waals surface area contributed by atoms with Gasteiger partial charge in [0.1, 0.15) is 0 Å². The van der Waals surface area contributed by atoms with Gasteiger partial charge in [0.2, 0.25) is 0 Å². The summed E-state index contributed by atoms with van der Waals surface area (Å²) in [6, 6.07) is 4.25. The molecule has 0 aliphatic rings. The fourth-order valence-corrected chi connectivity index (χ4v) is 2.44. The first-order chi connectivity index (χ1) is 12.5. The highest BCUT2D eigenvalue weighted by Gasteiger charge is 2.23. The molecule has 8 nitrogen and oxygen atoms in total. The molecule has 1 amide bonds. The number of benzene rings is 1. The number of nitro benzene ring substituents is 1. The van der Waals surface area contributed by atoms with Crippen molar-refractivity contribution >= 4 is 33.5 Å². The maximum atomic E-state index is 12.7. The molecule has 0 aliphatic heterocycles. The Morgan fingerprint density at radius 3 is 2.56 bits per heavy atom. The summed E-state index contributed by atoms with van der Waals surface area (Å²) in [6.45, 7) is 5.64. The molecule has 0 radical (unpaired) electrons. The van der Waals surface area contributed by atoms with Crippen molar-refractivity contribution in [1.82, 2.24) is 5.06 Å². The summed E-state index contributed by atoms with van der Waals surface area (Å²) in [7, 11) is 1.28. The van der Waals surface area contributed by atoms with Gasteiger partial charge in [-0.2, -0.15) is 0 Å². The van der Waals surface area contributed by atoms with Crippen LogP contribution in [0.2, 0.25) is 0 Å². The first-order valence-electron chi connectivity index (χ1n) is 8.20. The summed E-state index contributed by atoms with van der Waals surface area (Å²) < 4.78 is 5.11. The second kappa shape index (κ2) is 10.2. The Morgan fingerprint density at radius 2 is 2.00 bits per heavy atom. The molecule has 0 saturated carbocycles. The van der Waals surface area contributed by atoms with E-state index in [0.717, 1.165) is 0 Å². The first-order valence-corrected chi connectivity index (χ1v) is 8.99. The number of ether oxygens (including phenoxy) is 1. The molecule has 0 atom stereocenters. The van der Waals surface area contributed by atoms with Crippen LogP contribution < -0.4 is 0 Å². The van der Waals surface area contributed by atoms with Crippen molar-refractivity contribution in [3.8, 4) is 0 Å². The topological polar surface area (TPSA) is 99.0 Å². The quantitative estimate of drug-likeness (QED) is 0.264. The Labute approximate surface area is 166 Å². The molecule has 0 aromatic heterocycles. The highest BCUT2D eigenvalue weighted by atomic mass is 79.9. The molecule has 0 heterocycles. The lowest BCUT2D eigenvalue weighted by Gasteiger charge is -2.29. The molecule has 0 saturated heterocycles. The molecule has 0 spiro atoms. The van der Waals surface area contributed by atoms with Crippen LogP contribution in [0.15, 0.2) is 34.8 Å². The van der Waals surface area contributed by atoms with Crippen molar-refractivity contribution in [2.45, 2.75) is 39.2 Å². The van der Waals surface area contributed by atoms with Crippen LogP contribution in [0.1, 0.15) is 32.8 Å². The van der Waals surface area contributed by atoms with Crippen LogP contribution in [0.3, 0.4) is 0 Å². The molecule has 1 aromatic rings. The SMILES string of the molecule is COC(=O)C=CCCN(OC(C)(C)C)C(=O)Cc1cc([N+](=O)[O-])ccc1Br. The van der Waals surface area contributed by atoms with E-state index in [4.69, 9.17) is 4.84 Å². The van der Waals surface area contributed by atoms with Crippen LogP contribution in [0.4, 0.5) is 5.69 Å². The molecule has 0 N–H and O–H groups in total. The standard InChI is InChI=1S/C18H23BrN2O6/c1-18(2,3)27-20(10-6-5-7-17(23)26-4)16(22)12-13-11-14(21(24)25)8-9-15(13)19/h5,7-9,11H,6,10,12H2,1-4H3. The summed E-state index contributed by atoms with van der Waals surface area (Å²) in [6.07, 6.45) is 3.17. The van der Waals surface area contributed by atoms with E-state index in [1.54, 1.807) is 26.8 Å². The highest BCUT2D eigenvalue weighted by Crippen LogP contribution is 2.24. The zero-order valence-corrected chi connectivity index (χ0v) is 17.3. The average molecular weight is 443 g/mol. The molecule has 1 rings (SSSR count). The second-order valence-corrected chi connectivity index (χ2v) is 7.48. The minimum absolute atomic E-state index is 0.0704. The van der Waals surface area contributed by atoms with Gasteiger partial charge in [-0.25, -0.2) is 9.86 Å². The number of hydrogen-bond donors (Lipinski definition) is 0. The molecule has 27 heavy (non-hydrogen) atoms. The zero-order chi connectivity index (χ0) is 20.6. The maximum absolute atomic E-state index is 12.7. The number of methoxy groups -OCH3 is 1. The Kier molecular flexibility index (Phi) is 8.58. The van der Waals surface area contributed by atoms with Gasteiger partial charge in [-0.05, 0) is 38.8 Å². The third-order valence-electron chi connectivity index (χ3n) is 3.20. The third kappa shape index (κ3) is 8.31. The van der Waals surface area contributed by atoms with Crippen molar-refractivity contribution in [3.05, 3.63) is 50.5 Å². The van der Waals surface area contributed by atoms with Crippen LogP contribution in [0.25, 0.3) is 0 Å². The lowest BCUT2D eigenvalue weighted by molar-refractivity contribution is -0.384. The Bertz CT molecular complexity index is 727. The molecule has 0 bridgehead atoms. The lowest BCUT2D eigenvalue weighted by Crippen LogP contribution is -2.39. The maximum Gasteiger partial charge on any atom is 0.330 e. The van der Waals surface area contributed by atoms with Gasteiger partial charge < -0.3 is 4.74 Å². The predicted octanol–water partition coefficient (Wildman–Crippen LogP) is 3.58. The number of amides is 1. The monoisotopic (exact) mass is 442 g/mol. The van der Waals surface area contributed by atoms with Crippen LogP contribution in [-0.2, 0) is 25.6 Å². The minimum atomic E-state index is -0.609.